The lowest BCUT2D eigenvalue weighted by atomic mass is 9.89. The molecule has 0 saturated carbocycles. The number of hydrogen-bond acceptors (Lipinski definition) is 2. The molecule has 1 aliphatic rings. The third-order valence-electron chi connectivity index (χ3n) is 7.90. The fourth-order valence-electron chi connectivity index (χ4n) is 6.22. The molecule has 0 amide bonds. The van der Waals surface area contributed by atoms with E-state index in [9.17, 15) is 0 Å². The molecule has 0 aromatic heterocycles. The zero-order chi connectivity index (χ0) is 27.2. The summed E-state index contributed by atoms with van der Waals surface area (Å²) in [4.78, 5) is 5.84. The summed E-state index contributed by atoms with van der Waals surface area (Å²) in [5.74, 6) is 13.9. The van der Waals surface area contributed by atoms with Crippen LogP contribution in [0.1, 0.15) is 61.1 Å². The van der Waals surface area contributed by atoms with E-state index in [1.165, 1.54) is 11.1 Å². The Bertz CT molecular complexity index is 1800. The van der Waals surface area contributed by atoms with Crippen LogP contribution in [0.3, 0.4) is 0 Å². The first-order chi connectivity index (χ1) is 18.8. The summed E-state index contributed by atoms with van der Waals surface area (Å²) < 4.78 is 0. The Morgan fingerprint density at radius 3 is 1.49 bits per heavy atom. The molecular formula is C37H31NO. The van der Waals surface area contributed by atoms with E-state index in [0.29, 0.717) is 0 Å². The van der Waals surface area contributed by atoms with Crippen molar-refractivity contribution < 1.29 is 4.84 Å². The fourth-order valence-corrected chi connectivity index (χ4v) is 6.22. The van der Waals surface area contributed by atoms with E-state index in [4.69, 9.17) is 4.84 Å². The van der Waals surface area contributed by atoms with E-state index in [1.54, 1.807) is 7.11 Å². The molecular weight excluding hydrogens is 474 g/mol. The van der Waals surface area contributed by atoms with Gasteiger partial charge in [-0.05, 0) is 84.6 Å². The van der Waals surface area contributed by atoms with Crippen LogP contribution in [0.25, 0.3) is 21.5 Å². The summed E-state index contributed by atoms with van der Waals surface area (Å²) in [6.07, 6.45) is 0. The summed E-state index contributed by atoms with van der Waals surface area (Å²) in [7, 11) is 1.75. The molecule has 5 aromatic rings. The van der Waals surface area contributed by atoms with Crippen LogP contribution < -0.4 is 0 Å². The van der Waals surface area contributed by atoms with Gasteiger partial charge in [0.25, 0.3) is 0 Å². The van der Waals surface area contributed by atoms with E-state index >= 15 is 0 Å². The molecule has 0 atom stereocenters. The first-order valence-corrected chi connectivity index (χ1v) is 13.3. The van der Waals surface area contributed by atoms with Gasteiger partial charge in [0.2, 0.25) is 0 Å². The largest absolute Gasteiger partial charge is 0.301 e. The molecule has 0 fully saturated rings. The highest BCUT2D eigenvalue weighted by Gasteiger charge is 2.49. The molecule has 0 spiro atoms. The monoisotopic (exact) mass is 505 g/mol. The number of nitrogens with zero attached hydrogens (tertiary/aromatic N) is 1. The van der Waals surface area contributed by atoms with Crippen molar-refractivity contribution in [3.05, 3.63) is 130 Å². The van der Waals surface area contributed by atoms with Crippen molar-refractivity contribution in [3.8, 4) is 23.7 Å². The van der Waals surface area contributed by atoms with Crippen LogP contribution in [0.15, 0.2) is 97.1 Å². The predicted molar refractivity (Wildman–Crippen MR) is 161 cm³/mol. The molecule has 6 rings (SSSR count). The predicted octanol–water partition coefficient (Wildman–Crippen LogP) is 8.14. The van der Waals surface area contributed by atoms with Crippen molar-refractivity contribution in [2.24, 2.45) is 0 Å². The minimum absolute atomic E-state index is 0.220. The van der Waals surface area contributed by atoms with E-state index in [0.717, 1.165) is 43.8 Å². The Kier molecular flexibility index (Phi) is 6.05. The van der Waals surface area contributed by atoms with Gasteiger partial charge in [-0.2, -0.15) is 5.06 Å². The standard InChI is InChI=1S/C37H31NO/c1-36(2)34-24-21-27(25-35(34)37(3,4)38(36)39-5)20-23-33-30-17-11-9-15-28(30)32(29-16-10-12-18-31(29)33)22-19-26-13-7-6-8-14-26/h6-18,21,24-25H,1-5H3. The van der Waals surface area contributed by atoms with Gasteiger partial charge >= 0.3 is 0 Å². The van der Waals surface area contributed by atoms with Crippen LogP contribution in [-0.4, -0.2) is 12.2 Å². The maximum Gasteiger partial charge on any atom is 0.0668 e. The summed E-state index contributed by atoms with van der Waals surface area (Å²) in [6.45, 7) is 8.82. The smallest absolute Gasteiger partial charge is 0.0668 e. The Morgan fingerprint density at radius 2 is 0.974 bits per heavy atom. The van der Waals surface area contributed by atoms with Crippen molar-refractivity contribution in [3.63, 3.8) is 0 Å². The molecule has 39 heavy (non-hydrogen) atoms. The molecule has 0 radical (unpaired) electrons. The van der Waals surface area contributed by atoms with Gasteiger partial charge in [0.05, 0.1) is 18.2 Å². The Labute approximate surface area is 231 Å². The van der Waals surface area contributed by atoms with Gasteiger partial charge in [-0.1, -0.05) is 96.5 Å². The molecule has 0 saturated heterocycles. The lowest BCUT2D eigenvalue weighted by Crippen LogP contribution is -2.44. The lowest BCUT2D eigenvalue weighted by Gasteiger charge is -2.38. The Hall–Kier alpha value is -4.34. The van der Waals surface area contributed by atoms with E-state index in [-0.39, 0.29) is 11.1 Å². The maximum atomic E-state index is 5.84. The highest BCUT2D eigenvalue weighted by atomic mass is 16.7. The van der Waals surface area contributed by atoms with Gasteiger partial charge in [-0.15, -0.1) is 0 Å². The summed E-state index contributed by atoms with van der Waals surface area (Å²) in [6, 6.07) is 33.6. The van der Waals surface area contributed by atoms with E-state index < -0.39 is 0 Å². The van der Waals surface area contributed by atoms with Crippen molar-refractivity contribution in [1.82, 2.24) is 5.06 Å². The van der Waals surface area contributed by atoms with E-state index in [2.05, 4.69) is 123 Å². The average Bonchev–Trinajstić information content (AvgIpc) is 3.10. The first kappa shape index (κ1) is 25.0. The van der Waals surface area contributed by atoms with Crippen LogP contribution >= 0.6 is 0 Å². The molecule has 1 heterocycles. The summed E-state index contributed by atoms with van der Waals surface area (Å²) in [5, 5.41) is 6.56. The van der Waals surface area contributed by atoms with Gasteiger partial charge in [0.15, 0.2) is 0 Å². The minimum Gasteiger partial charge on any atom is -0.301 e. The number of fused-ring (bicyclic) bond motifs is 3. The van der Waals surface area contributed by atoms with Crippen molar-refractivity contribution in [2.45, 2.75) is 38.8 Å². The zero-order valence-electron chi connectivity index (χ0n) is 23.1. The normalized spacial score (nSPS) is 15.3. The number of benzene rings is 5. The number of rotatable bonds is 1. The fraction of sp³-hybridized carbons (Fsp3) is 0.189. The molecule has 2 nitrogen and oxygen atoms in total. The minimum atomic E-state index is -0.260. The molecule has 190 valence electrons. The van der Waals surface area contributed by atoms with Gasteiger partial charge < -0.3 is 4.84 Å². The van der Waals surface area contributed by atoms with Crippen LogP contribution in [0.4, 0.5) is 0 Å². The quantitative estimate of drug-likeness (QED) is 0.168. The van der Waals surface area contributed by atoms with Gasteiger partial charge in [-0.3, -0.25) is 0 Å². The highest BCUT2D eigenvalue weighted by molar-refractivity contribution is 6.09. The second kappa shape index (κ2) is 9.44. The van der Waals surface area contributed by atoms with Gasteiger partial charge in [0.1, 0.15) is 0 Å². The van der Waals surface area contributed by atoms with Gasteiger partial charge in [-0.25, -0.2) is 0 Å². The van der Waals surface area contributed by atoms with Crippen molar-refractivity contribution >= 4 is 21.5 Å². The van der Waals surface area contributed by atoms with Crippen LogP contribution in [0.5, 0.6) is 0 Å². The van der Waals surface area contributed by atoms with Gasteiger partial charge in [0, 0.05) is 22.3 Å². The molecule has 0 N–H and O–H groups in total. The lowest BCUT2D eigenvalue weighted by molar-refractivity contribution is -0.241. The molecule has 0 aliphatic carbocycles. The average molecular weight is 506 g/mol. The van der Waals surface area contributed by atoms with Crippen molar-refractivity contribution in [1.29, 1.82) is 0 Å². The molecule has 5 aromatic carbocycles. The Balaban J connectivity index is 1.52. The molecule has 1 aliphatic heterocycles. The van der Waals surface area contributed by atoms with Crippen LogP contribution in [-0.2, 0) is 15.9 Å². The number of hydrogen-bond donors (Lipinski definition) is 0. The topological polar surface area (TPSA) is 12.5 Å². The molecule has 0 bridgehead atoms. The third-order valence-corrected chi connectivity index (χ3v) is 7.90. The number of hydroxylamine groups is 2. The Morgan fingerprint density at radius 1 is 0.513 bits per heavy atom. The molecule has 2 heteroatoms. The third kappa shape index (κ3) is 4.10. The SMILES string of the molecule is CON1C(C)(C)c2ccc(C#Cc3c4ccccc4c(C#Cc4ccccc4)c4ccccc34)cc2C1(C)C. The van der Waals surface area contributed by atoms with E-state index in [1.807, 2.05) is 30.3 Å². The second-order valence-electron chi connectivity index (χ2n) is 11.1. The maximum absolute atomic E-state index is 5.84. The molecule has 0 unspecified atom stereocenters. The first-order valence-electron chi connectivity index (χ1n) is 13.3. The summed E-state index contributed by atoms with van der Waals surface area (Å²) in [5.41, 5.74) is 6.12. The van der Waals surface area contributed by atoms with Crippen LogP contribution in [0, 0.1) is 23.7 Å². The van der Waals surface area contributed by atoms with Crippen molar-refractivity contribution in [2.75, 3.05) is 7.11 Å². The van der Waals surface area contributed by atoms with Crippen LogP contribution in [0.2, 0.25) is 0 Å². The zero-order valence-corrected chi connectivity index (χ0v) is 23.1. The highest BCUT2D eigenvalue weighted by Crippen LogP contribution is 2.49. The second-order valence-corrected chi connectivity index (χ2v) is 11.1. The summed E-state index contributed by atoms with van der Waals surface area (Å²) >= 11 is 0.